The molecule has 0 aliphatic heterocycles. The van der Waals surface area contributed by atoms with Crippen LogP contribution in [0.2, 0.25) is 0 Å². The van der Waals surface area contributed by atoms with Gasteiger partial charge in [-0.25, -0.2) is 4.79 Å². The van der Waals surface area contributed by atoms with Crippen LogP contribution in [0.1, 0.15) is 98.2 Å². The highest BCUT2D eigenvalue weighted by atomic mass is 16.4. The van der Waals surface area contributed by atoms with E-state index in [0.29, 0.717) is 11.5 Å². The number of allylic oxidation sites excluding steroid dienone is 4. The summed E-state index contributed by atoms with van der Waals surface area (Å²) >= 11 is 0. The van der Waals surface area contributed by atoms with E-state index in [2.05, 4.69) is 38.1 Å². The molecule has 0 saturated heterocycles. The molecule has 2 aliphatic rings. The molecule has 2 aliphatic carbocycles. The van der Waals surface area contributed by atoms with Crippen molar-refractivity contribution < 1.29 is 9.90 Å². The fourth-order valence-corrected chi connectivity index (χ4v) is 4.88. The summed E-state index contributed by atoms with van der Waals surface area (Å²) in [7, 11) is 0. The van der Waals surface area contributed by atoms with E-state index in [1.54, 1.807) is 0 Å². The minimum atomic E-state index is -0.804. The van der Waals surface area contributed by atoms with Gasteiger partial charge in [-0.1, -0.05) is 51.0 Å². The van der Waals surface area contributed by atoms with E-state index in [-0.39, 0.29) is 0 Å². The number of benzene rings is 1. The van der Waals surface area contributed by atoms with Crippen molar-refractivity contribution in [2.45, 2.75) is 77.6 Å². The largest absolute Gasteiger partial charge is 0.478 e. The second kappa shape index (κ2) is 8.70. The van der Waals surface area contributed by atoms with Crippen LogP contribution < -0.4 is 0 Å². The van der Waals surface area contributed by atoms with Gasteiger partial charge in [0.1, 0.15) is 0 Å². The number of hydrogen-bond donors (Lipinski definition) is 1. The van der Waals surface area contributed by atoms with Crippen LogP contribution in [0.4, 0.5) is 0 Å². The first-order valence-electron chi connectivity index (χ1n) is 10.4. The summed E-state index contributed by atoms with van der Waals surface area (Å²) in [5.74, 6) is 0.654. The highest BCUT2D eigenvalue weighted by Gasteiger charge is 2.27. The third kappa shape index (κ3) is 3.95. The first kappa shape index (κ1) is 18.9. The van der Waals surface area contributed by atoms with E-state index in [1.165, 1.54) is 55.2 Å². The molecule has 0 bridgehead atoms. The van der Waals surface area contributed by atoms with E-state index in [0.717, 1.165) is 30.7 Å². The molecule has 1 saturated carbocycles. The van der Waals surface area contributed by atoms with Crippen molar-refractivity contribution in [2.75, 3.05) is 0 Å². The highest BCUT2D eigenvalue weighted by molar-refractivity contribution is 5.93. The summed E-state index contributed by atoms with van der Waals surface area (Å²) in [6, 6.07) is 3.97. The lowest BCUT2D eigenvalue weighted by Crippen LogP contribution is -2.16. The molecule has 26 heavy (non-hydrogen) atoms. The van der Waals surface area contributed by atoms with Crippen molar-refractivity contribution in [1.29, 1.82) is 0 Å². The number of carbonyl (C=O) groups is 1. The third-order valence-corrected chi connectivity index (χ3v) is 6.20. The van der Waals surface area contributed by atoms with Gasteiger partial charge in [-0.2, -0.15) is 0 Å². The lowest BCUT2D eigenvalue weighted by atomic mass is 9.74. The SMILES string of the molecule is CCCC1CCC(c2ccc(C(=O)O)c(CC)c2C2=CCCC=C2)CC1. The molecule has 0 amide bonds. The third-order valence-electron chi connectivity index (χ3n) is 6.20. The van der Waals surface area contributed by atoms with E-state index in [9.17, 15) is 9.90 Å². The van der Waals surface area contributed by atoms with E-state index >= 15 is 0 Å². The average molecular weight is 353 g/mol. The first-order valence-corrected chi connectivity index (χ1v) is 10.4. The van der Waals surface area contributed by atoms with Crippen molar-refractivity contribution in [3.05, 3.63) is 52.6 Å². The zero-order valence-corrected chi connectivity index (χ0v) is 16.3. The van der Waals surface area contributed by atoms with Crippen LogP contribution in [0, 0.1) is 5.92 Å². The number of aromatic carboxylic acids is 1. The Kier molecular flexibility index (Phi) is 6.34. The van der Waals surface area contributed by atoms with Gasteiger partial charge in [-0.15, -0.1) is 0 Å². The summed E-state index contributed by atoms with van der Waals surface area (Å²) in [6.07, 6.45) is 17.4. The fraction of sp³-hybridized carbons (Fsp3) is 0.542. The number of carboxylic acids is 1. The van der Waals surface area contributed by atoms with E-state index in [1.807, 2.05) is 6.07 Å². The molecule has 140 valence electrons. The Morgan fingerprint density at radius 2 is 1.88 bits per heavy atom. The molecule has 0 spiro atoms. The summed E-state index contributed by atoms with van der Waals surface area (Å²) in [4.78, 5) is 11.8. The normalized spacial score (nSPS) is 22.9. The standard InChI is InChI=1S/C24H32O2/c1-3-8-17-11-13-18(14-12-17)21-15-16-22(24(25)26)20(4-2)23(21)19-9-6-5-7-10-19/h6,9-10,15-18H,3-5,7-8,11-14H2,1-2H3,(H,25,26). The minimum absolute atomic E-state index is 0.478. The lowest BCUT2D eigenvalue weighted by molar-refractivity contribution is 0.0695. The van der Waals surface area contributed by atoms with Crippen LogP contribution in [0.15, 0.2) is 30.4 Å². The quantitative estimate of drug-likeness (QED) is 0.614. The van der Waals surface area contributed by atoms with E-state index in [4.69, 9.17) is 0 Å². The topological polar surface area (TPSA) is 37.3 Å². The van der Waals surface area contributed by atoms with Gasteiger partial charge in [0.2, 0.25) is 0 Å². The van der Waals surface area contributed by atoms with Crippen molar-refractivity contribution in [3.8, 4) is 0 Å². The Labute approximate surface area is 158 Å². The molecule has 0 atom stereocenters. The molecule has 0 heterocycles. The highest BCUT2D eigenvalue weighted by Crippen LogP contribution is 2.42. The maximum Gasteiger partial charge on any atom is 0.335 e. The smallest absolute Gasteiger partial charge is 0.335 e. The lowest BCUT2D eigenvalue weighted by Gasteiger charge is -2.31. The predicted molar refractivity (Wildman–Crippen MR) is 109 cm³/mol. The predicted octanol–water partition coefficient (Wildman–Crippen LogP) is 6.75. The number of carboxylic acid groups (broad SMARTS) is 1. The molecule has 0 unspecified atom stereocenters. The molecule has 0 radical (unpaired) electrons. The van der Waals surface area contributed by atoms with Crippen molar-refractivity contribution in [1.82, 2.24) is 0 Å². The second-order valence-electron chi connectivity index (χ2n) is 7.86. The minimum Gasteiger partial charge on any atom is -0.478 e. The van der Waals surface area contributed by atoms with Crippen LogP contribution in [0.3, 0.4) is 0 Å². The maximum atomic E-state index is 11.8. The number of rotatable bonds is 6. The summed E-state index contributed by atoms with van der Waals surface area (Å²) in [5.41, 5.74) is 5.35. The molecular weight excluding hydrogens is 320 g/mol. The monoisotopic (exact) mass is 352 g/mol. The average Bonchev–Trinajstić information content (AvgIpc) is 2.68. The molecule has 3 rings (SSSR count). The molecule has 1 aromatic carbocycles. The number of hydrogen-bond acceptors (Lipinski definition) is 1. The van der Waals surface area contributed by atoms with E-state index < -0.39 is 5.97 Å². The van der Waals surface area contributed by atoms with Gasteiger partial charge < -0.3 is 5.11 Å². The first-order chi connectivity index (χ1) is 12.7. The Hall–Kier alpha value is -1.83. The van der Waals surface area contributed by atoms with Crippen molar-refractivity contribution in [3.63, 3.8) is 0 Å². The van der Waals surface area contributed by atoms with Crippen LogP contribution >= 0.6 is 0 Å². The molecule has 1 fully saturated rings. The molecule has 2 nitrogen and oxygen atoms in total. The van der Waals surface area contributed by atoms with Crippen molar-refractivity contribution in [2.24, 2.45) is 5.92 Å². The molecular formula is C24H32O2. The van der Waals surface area contributed by atoms with Gasteiger partial charge in [-0.3, -0.25) is 0 Å². The zero-order valence-electron chi connectivity index (χ0n) is 16.3. The Morgan fingerprint density at radius 1 is 1.12 bits per heavy atom. The summed E-state index contributed by atoms with van der Waals surface area (Å²) in [6.45, 7) is 4.37. The van der Waals surface area contributed by atoms with Gasteiger partial charge in [0.05, 0.1) is 5.56 Å². The van der Waals surface area contributed by atoms with Gasteiger partial charge in [0, 0.05) is 0 Å². The summed E-state index contributed by atoms with van der Waals surface area (Å²) < 4.78 is 0. The fourth-order valence-electron chi connectivity index (χ4n) is 4.88. The van der Waals surface area contributed by atoms with Crippen LogP contribution in [0.25, 0.3) is 5.57 Å². The maximum absolute atomic E-state index is 11.8. The van der Waals surface area contributed by atoms with Crippen molar-refractivity contribution >= 4 is 11.5 Å². The second-order valence-corrected chi connectivity index (χ2v) is 7.86. The van der Waals surface area contributed by atoms with Crippen LogP contribution in [-0.2, 0) is 6.42 Å². The Bertz CT molecular complexity index is 703. The molecule has 2 heteroatoms. The Balaban J connectivity index is 2.01. The molecule has 1 N–H and O–H groups in total. The van der Waals surface area contributed by atoms with Gasteiger partial charge >= 0.3 is 5.97 Å². The van der Waals surface area contributed by atoms with Crippen LogP contribution in [0.5, 0.6) is 0 Å². The summed E-state index contributed by atoms with van der Waals surface area (Å²) in [5, 5.41) is 9.68. The van der Waals surface area contributed by atoms with Crippen LogP contribution in [-0.4, -0.2) is 11.1 Å². The van der Waals surface area contributed by atoms with Gasteiger partial charge in [0.25, 0.3) is 0 Å². The Morgan fingerprint density at radius 3 is 2.46 bits per heavy atom. The zero-order chi connectivity index (χ0) is 18.5. The van der Waals surface area contributed by atoms with Gasteiger partial charge in [-0.05, 0) is 85.1 Å². The molecule has 0 aromatic heterocycles. The molecule has 1 aromatic rings. The van der Waals surface area contributed by atoms with Gasteiger partial charge in [0.15, 0.2) is 0 Å².